The molecule has 0 saturated carbocycles. The molecule has 0 saturated heterocycles. The molecule has 1 aromatic carbocycles. The first-order chi connectivity index (χ1) is 8.99. The van der Waals surface area contributed by atoms with Gasteiger partial charge in [0.25, 0.3) is 0 Å². The molecule has 0 amide bonds. The van der Waals surface area contributed by atoms with Crippen LogP contribution < -0.4 is 0 Å². The van der Waals surface area contributed by atoms with E-state index >= 15 is 0 Å². The molecule has 6 heteroatoms. The standard InChI is InChI=1S/C13H16F3NO2/c1-19-9-3-2-4-12(17-18)10-5-7-11(8-6-10)13(14,15)16/h5-8,18H,2-4,9H2,1H3/b17-12+. The summed E-state index contributed by atoms with van der Waals surface area (Å²) in [6, 6.07) is 4.59. The van der Waals surface area contributed by atoms with E-state index in [1.165, 1.54) is 12.1 Å². The van der Waals surface area contributed by atoms with E-state index in [4.69, 9.17) is 9.94 Å². The molecule has 0 radical (unpaired) electrons. The summed E-state index contributed by atoms with van der Waals surface area (Å²) in [6.45, 7) is 0.603. The van der Waals surface area contributed by atoms with Crippen molar-refractivity contribution in [3.05, 3.63) is 35.4 Å². The van der Waals surface area contributed by atoms with Crippen molar-refractivity contribution in [2.45, 2.75) is 25.4 Å². The molecule has 0 spiro atoms. The van der Waals surface area contributed by atoms with Crippen molar-refractivity contribution in [2.75, 3.05) is 13.7 Å². The fraction of sp³-hybridized carbons (Fsp3) is 0.462. The van der Waals surface area contributed by atoms with Crippen molar-refractivity contribution in [3.8, 4) is 0 Å². The predicted octanol–water partition coefficient (Wildman–Crippen LogP) is 3.70. The second-order valence-electron chi connectivity index (χ2n) is 4.07. The van der Waals surface area contributed by atoms with E-state index in [1.54, 1.807) is 7.11 Å². The highest BCUT2D eigenvalue weighted by Gasteiger charge is 2.30. The molecule has 0 atom stereocenters. The SMILES string of the molecule is COCCCC/C(=N\O)c1ccc(C(F)(F)F)cc1. The zero-order valence-electron chi connectivity index (χ0n) is 10.6. The third-order valence-electron chi connectivity index (χ3n) is 2.68. The highest BCUT2D eigenvalue weighted by molar-refractivity contribution is 6.00. The van der Waals surface area contributed by atoms with Gasteiger partial charge in [-0.15, -0.1) is 0 Å². The van der Waals surface area contributed by atoms with Crippen molar-refractivity contribution in [3.63, 3.8) is 0 Å². The lowest BCUT2D eigenvalue weighted by atomic mass is 10.0. The molecule has 1 rings (SSSR count). The summed E-state index contributed by atoms with van der Waals surface area (Å²) < 4.78 is 42.1. The van der Waals surface area contributed by atoms with Gasteiger partial charge in [-0.1, -0.05) is 17.3 Å². The second-order valence-corrected chi connectivity index (χ2v) is 4.07. The molecule has 0 unspecified atom stereocenters. The number of methoxy groups -OCH3 is 1. The van der Waals surface area contributed by atoms with E-state index in [1.807, 2.05) is 0 Å². The normalized spacial score (nSPS) is 12.7. The first-order valence-electron chi connectivity index (χ1n) is 5.86. The van der Waals surface area contributed by atoms with Crippen LogP contribution in [0, 0.1) is 0 Å². The van der Waals surface area contributed by atoms with E-state index in [9.17, 15) is 13.2 Å². The Kier molecular flexibility index (Phi) is 5.82. The zero-order valence-corrected chi connectivity index (χ0v) is 10.6. The molecular weight excluding hydrogens is 259 g/mol. The van der Waals surface area contributed by atoms with Crippen LogP contribution in [0.25, 0.3) is 0 Å². The molecule has 1 aromatic rings. The van der Waals surface area contributed by atoms with E-state index in [2.05, 4.69) is 5.16 Å². The Morgan fingerprint density at radius 3 is 2.32 bits per heavy atom. The number of hydrogen-bond donors (Lipinski definition) is 1. The van der Waals surface area contributed by atoms with Gasteiger partial charge < -0.3 is 9.94 Å². The predicted molar refractivity (Wildman–Crippen MR) is 65.5 cm³/mol. The number of rotatable bonds is 6. The van der Waals surface area contributed by atoms with Gasteiger partial charge in [0.05, 0.1) is 11.3 Å². The maximum Gasteiger partial charge on any atom is 0.416 e. The van der Waals surface area contributed by atoms with E-state index in [0.717, 1.165) is 25.0 Å². The number of hydrogen-bond acceptors (Lipinski definition) is 3. The fourth-order valence-electron chi connectivity index (χ4n) is 1.64. The molecule has 3 nitrogen and oxygen atoms in total. The third-order valence-corrected chi connectivity index (χ3v) is 2.68. The average molecular weight is 275 g/mol. The number of alkyl halides is 3. The van der Waals surface area contributed by atoms with E-state index in [-0.39, 0.29) is 0 Å². The highest BCUT2D eigenvalue weighted by atomic mass is 19.4. The van der Waals surface area contributed by atoms with Crippen molar-refractivity contribution < 1.29 is 23.1 Å². The number of benzene rings is 1. The first-order valence-corrected chi connectivity index (χ1v) is 5.86. The lowest BCUT2D eigenvalue weighted by Gasteiger charge is -2.08. The Morgan fingerprint density at radius 1 is 1.21 bits per heavy atom. The van der Waals surface area contributed by atoms with Crippen LogP contribution in [0.15, 0.2) is 29.4 Å². The van der Waals surface area contributed by atoms with Crippen molar-refractivity contribution in [2.24, 2.45) is 5.16 Å². The second kappa shape index (κ2) is 7.13. The summed E-state index contributed by atoms with van der Waals surface area (Å²) >= 11 is 0. The van der Waals surface area contributed by atoms with Gasteiger partial charge in [-0.3, -0.25) is 0 Å². The van der Waals surface area contributed by atoms with E-state index in [0.29, 0.717) is 24.3 Å². The van der Waals surface area contributed by atoms with Gasteiger partial charge in [0.15, 0.2) is 0 Å². The smallest absolute Gasteiger partial charge is 0.411 e. The minimum atomic E-state index is -4.35. The molecule has 0 bridgehead atoms. The van der Waals surface area contributed by atoms with Crippen LogP contribution in [0.5, 0.6) is 0 Å². The first kappa shape index (κ1) is 15.5. The molecule has 1 N–H and O–H groups in total. The Hall–Kier alpha value is -1.56. The topological polar surface area (TPSA) is 41.8 Å². The molecular formula is C13H16F3NO2. The Bertz CT molecular complexity index is 413. The van der Waals surface area contributed by atoms with Crippen molar-refractivity contribution in [1.82, 2.24) is 0 Å². The lowest BCUT2D eigenvalue weighted by Crippen LogP contribution is -2.07. The summed E-state index contributed by atoms with van der Waals surface area (Å²) in [5.74, 6) is 0. The Balaban J connectivity index is 2.67. The Morgan fingerprint density at radius 2 is 1.84 bits per heavy atom. The number of unbranched alkanes of at least 4 members (excludes halogenated alkanes) is 1. The van der Waals surface area contributed by atoms with Crippen LogP contribution in [0.4, 0.5) is 13.2 Å². The summed E-state index contributed by atoms with van der Waals surface area (Å²) in [5, 5.41) is 12.0. The quantitative estimate of drug-likeness (QED) is 0.372. The minimum absolute atomic E-state index is 0.379. The van der Waals surface area contributed by atoms with Gasteiger partial charge in [0.2, 0.25) is 0 Å². The van der Waals surface area contributed by atoms with Crippen LogP contribution in [-0.4, -0.2) is 24.6 Å². The highest BCUT2D eigenvalue weighted by Crippen LogP contribution is 2.29. The molecule has 0 heterocycles. The lowest BCUT2D eigenvalue weighted by molar-refractivity contribution is -0.137. The van der Waals surface area contributed by atoms with Crippen molar-refractivity contribution in [1.29, 1.82) is 0 Å². The molecule has 19 heavy (non-hydrogen) atoms. The summed E-state index contributed by atoms with van der Waals surface area (Å²) in [6.07, 6.45) is -2.32. The number of oxime groups is 1. The van der Waals surface area contributed by atoms with Gasteiger partial charge in [0.1, 0.15) is 0 Å². The maximum absolute atomic E-state index is 12.4. The summed E-state index contributed by atoms with van der Waals surface area (Å²) in [4.78, 5) is 0. The largest absolute Gasteiger partial charge is 0.416 e. The van der Waals surface area contributed by atoms with Crippen LogP contribution in [0.3, 0.4) is 0 Å². The third kappa shape index (κ3) is 4.90. The molecule has 0 aromatic heterocycles. The van der Waals surface area contributed by atoms with Crippen LogP contribution in [-0.2, 0) is 10.9 Å². The number of nitrogens with zero attached hydrogens (tertiary/aromatic N) is 1. The van der Waals surface area contributed by atoms with Gasteiger partial charge in [-0.25, -0.2) is 0 Å². The minimum Gasteiger partial charge on any atom is -0.411 e. The van der Waals surface area contributed by atoms with Gasteiger partial charge in [-0.05, 0) is 37.0 Å². The van der Waals surface area contributed by atoms with Crippen LogP contribution >= 0.6 is 0 Å². The number of halogens is 3. The molecule has 0 aliphatic heterocycles. The summed E-state index contributed by atoms with van der Waals surface area (Å²) in [5.41, 5.74) is 0.158. The maximum atomic E-state index is 12.4. The molecule has 106 valence electrons. The average Bonchev–Trinajstić information content (AvgIpc) is 2.38. The Labute approximate surface area is 109 Å². The van der Waals surface area contributed by atoms with Crippen LogP contribution in [0.2, 0.25) is 0 Å². The summed E-state index contributed by atoms with van der Waals surface area (Å²) in [7, 11) is 1.59. The van der Waals surface area contributed by atoms with Crippen molar-refractivity contribution >= 4 is 5.71 Å². The van der Waals surface area contributed by atoms with Gasteiger partial charge >= 0.3 is 6.18 Å². The number of ether oxygens (including phenoxy) is 1. The zero-order chi connectivity index (χ0) is 14.3. The van der Waals surface area contributed by atoms with Gasteiger partial charge in [-0.2, -0.15) is 13.2 Å². The molecule has 0 fully saturated rings. The van der Waals surface area contributed by atoms with Crippen LogP contribution in [0.1, 0.15) is 30.4 Å². The molecule has 0 aliphatic carbocycles. The fourth-order valence-corrected chi connectivity index (χ4v) is 1.64. The molecule has 0 aliphatic rings. The monoisotopic (exact) mass is 275 g/mol. The van der Waals surface area contributed by atoms with Gasteiger partial charge in [0, 0.05) is 13.7 Å². The van der Waals surface area contributed by atoms with E-state index < -0.39 is 11.7 Å².